The van der Waals surface area contributed by atoms with Gasteiger partial charge in [0.1, 0.15) is 0 Å². The van der Waals surface area contributed by atoms with Crippen molar-refractivity contribution in [1.29, 1.82) is 0 Å². The molecular formula is C37H62O6. The van der Waals surface area contributed by atoms with E-state index in [0.29, 0.717) is 13.2 Å². The molecule has 0 heterocycles. The van der Waals surface area contributed by atoms with Crippen LogP contribution in [0.5, 0.6) is 0 Å². The fraction of sp³-hybridized carbons (Fsp3) is 0.757. The highest BCUT2D eigenvalue weighted by Gasteiger charge is 2.22. The summed E-state index contributed by atoms with van der Waals surface area (Å²) in [5.41, 5.74) is 0.437. The van der Waals surface area contributed by atoms with Crippen molar-refractivity contribution < 1.29 is 28.6 Å². The van der Waals surface area contributed by atoms with Crippen LogP contribution in [0.2, 0.25) is 0 Å². The number of carbonyl (C=O) groups excluding carboxylic acids is 3. The zero-order chi connectivity index (χ0) is 31.4. The molecule has 1 rings (SSSR count). The molecule has 6 nitrogen and oxygen atoms in total. The third kappa shape index (κ3) is 19.5. The molecule has 0 amide bonds. The number of hydrogen-bond donors (Lipinski definition) is 0. The molecule has 0 aliphatic heterocycles. The van der Waals surface area contributed by atoms with E-state index in [1.54, 1.807) is 0 Å². The molecule has 0 saturated carbocycles. The van der Waals surface area contributed by atoms with Crippen molar-refractivity contribution in [2.24, 2.45) is 0 Å². The monoisotopic (exact) mass is 602 g/mol. The molecule has 6 heteroatoms. The summed E-state index contributed by atoms with van der Waals surface area (Å²) in [5, 5.41) is 0. The molecule has 0 spiro atoms. The van der Waals surface area contributed by atoms with E-state index in [1.807, 2.05) is 0 Å². The van der Waals surface area contributed by atoms with E-state index in [2.05, 4.69) is 20.8 Å². The minimum absolute atomic E-state index is 0.0644. The van der Waals surface area contributed by atoms with Gasteiger partial charge in [-0.2, -0.15) is 0 Å². The van der Waals surface area contributed by atoms with Crippen LogP contribution < -0.4 is 0 Å². The molecule has 0 atom stereocenters. The highest BCUT2D eigenvalue weighted by Crippen LogP contribution is 2.18. The van der Waals surface area contributed by atoms with Gasteiger partial charge in [-0.1, -0.05) is 143 Å². The van der Waals surface area contributed by atoms with Crippen LogP contribution in [-0.4, -0.2) is 37.7 Å². The van der Waals surface area contributed by atoms with Gasteiger partial charge in [0.15, 0.2) is 0 Å². The molecule has 0 radical (unpaired) electrons. The van der Waals surface area contributed by atoms with E-state index in [9.17, 15) is 14.4 Å². The van der Waals surface area contributed by atoms with E-state index in [0.717, 1.165) is 57.8 Å². The first kappa shape index (κ1) is 38.7. The van der Waals surface area contributed by atoms with Crippen LogP contribution in [0.1, 0.15) is 193 Å². The maximum Gasteiger partial charge on any atom is 0.339 e. The van der Waals surface area contributed by atoms with Crippen molar-refractivity contribution in [2.45, 2.75) is 162 Å². The Kier molecular flexibility index (Phi) is 24.4. The van der Waals surface area contributed by atoms with Crippen LogP contribution in [-0.2, 0) is 14.2 Å². The second kappa shape index (κ2) is 27.2. The molecule has 0 bridgehead atoms. The lowest BCUT2D eigenvalue weighted by Crippen LogP contribution is -2.17. The van der Waals surface area contributed by atoms with Crippen LogP contribution in [0.15, 0.2) is 18.2 Å². The summed E-state index contributed by atoms with van der Waals surface area (Å²) < 4.78 is 16.5. The van der Waals surface area contributed by atoms with Gasteiger partial charge in [-0.15, -0.1) is 0 Å². The van der Waals surface area contributed by atoms with Gasteiger partial charge in [-0.05, 0) is 37.5 Å². The Bertz CT molecular complexity index is 865. The van der Waals surface area contributed by atoms with Gasteiger partial charge in [-0.25, -0.2) is 14.4 Å². The number of rotatable bonds is 28. The Morgan fingerprint density at radius 2 is 0.744 bits per heavy atom. The zero-order valence-electron chi connectivity index (χ0n) is 27.9. The molecule has 0 saturated heterocycles. The highest BCUT2D eigenvalue weighted by molar-refractivity contribution is 6.05. The highest BCUT2D eigenvalue weighted by atomic mass is 16.5. The van der Waals surface area contributed by atoms with Crippen molar-refractivity contribution in [2.75, 3.05) is 19.8 Å². The molecule has 0 fully saturated rings. The Balaban J connectivity index is 2.66. The smallest absolute Gasteiger partial charge is 0.339 e. The normalized spacial score (nSPS) is 11.0. The molecule has 1 aromatic rings. The van der Waals surface area contributed by atoms with Gasteiger partial charge in [0.25, 0.3) is 0 Å². The minimum Gasteiger partial charge on any atom is -0.462 e. The third-order valence-corrected chi connectivity index (χ3v) is 7.89. The molecule has 0 unspecified atom stereocenters. The summed E-state index contributed by atoms with van der Waals surface area (Å²) >= 11 is 0. The Morgan fingerprint density at radius 1 is 0.419 bits per heavy atom. The zero-order valence-corrected chi connectivity index (χ0v) is 27.9. The van der Waals surface area contributed by atoms with Crippen molar-refractivity contribution in [3.8, 4) is 0 Å². The number of ether oxygens (including phenoxy) is 3. The molecular weight excluding hydrogens is 540 g/mol. The fourth-order valence-electron chi connectivity index (χ4n) is 5.11. The average Bonchev–Trinajstić information content (AvgIpc) is 3.02. The fourth-order valence-corrected chi connectivity index (χ4v) is 5.11. The lowest BCUT2D eigenvalue weighted by Gasteiger charge is -2.12. The summed E-state index contributed by atoms with van der Waals surface area (Å²) in [6, 6.07) is 4.45. The maximum atomic E-state index is 13.1. The quantitative estimate of drug-likeness (QED) is 0.0539. The Morgan fingerprint density at radius 3 is 1.14 bits per heavy atom. The first-order valence-corrected chi connectivity index (χ1v) is 17.7. The van der Waals surface area contributed by atoms with Crippen molar-refractivity contribution in [3.63, 3.8) is 0 Å². The molecule has 43 heavy (non-hydrogen) atoms. The van der Waals surface area contributed by atoms with E-state index < -0.39 is 17.9 Å². The van der Waals surface area contributed by atoms with Gasteiger partial charge in [0, 0.05) is 0 Å². The lowest BCUT2D eigenvalue weighted by atomic mass is 10.0. The average molecular weight is 603 g/mol. The molecule has 246 valence electrons. The molecule has 0 aliphatic rings. The largest absolute Gasteiger partial charge is 0.462 e. The lowest BCUT2D eigenvalue weighted by molar-refractivity contribution is 0.0447. The first-order valence-electron chi connectivity index (χ1n) is 17.7. The number of unbranched alkanes of at least 4 members (excludes halogenated alkanes) is 19. The van der Waals surface area contributed by atoms with Crippen LogP contribution >= 0.6 is 0 Å². The number of esters is 3. The van der Waals surface area contributed by atoms with E-state index in [4.69, 9.17) is 14.2 Å². The second-order valence-corrected chi connectivity index (χ2v) is 11.9. The summed E-state index contributed by atoms with van der Waals surface area (Å²) in [6.07, 6.45) is 25.0. The summed E-state index contributed by atoms with van der Waals surface area (Å²) in [6.45, 7) is 7.55. The number of carbonyl (C=O) groups is 3. The van der Waals surface area contributed by atoms with Gasteiger partial charge in [0.05, 0.1) is 36.5 Å². The van der Waals surface area contributed by atoms with Gasteiger partial charge >= 0.3 is 17.9 Å². The van der Waals surface area contributed by atoms with E-state index in [-0.39, 0.29) is 23.3 Å². The molecule has 0 aliphatic carbocycles. The second-order valence-electron chi connectivity index (χ2n) is 11.9. The summed E-state index contributed by atoms with van der Waals surface area (Å²) in [4.78, 5) is 38.8. The number of hydrogen-bond acceptors (Lipinski definition) is 6. The SMILES string of the molecule is CCCCCCCCCCOC(=O)c1ccc(C(=O)OCCCCCCCC)cc1C(=O)OCCCCCCCCCC. The summed E-state index contributed by atoms with van der Waals surface area (Å²) in [7, 11) is 0. The van der Waals surface area contributed by atoms with Crippen molar-refractivity contribution >= 4 is 17.9 Å². The van der Waals surface area contributed by atoms with Crippen molar-refractivity contribution in [3.05, 3.63) is 34.9 Å². The summed E-state index contributed by atoms with van der Waals surface area (Å²) in [5.74, 6) is -1.66. The minimum atomic E-state index is -0.604. The molecule has 0 N–H and O–H groups in total. The number of benzene rings is 1. The van der Waals surface area contributed by atoms with E-state index >= 15 is 0 Å². The predicted molar refractivity (Wildman–Crippen MR) is 176 cm³/mol. The molecule has 1 aromatic carbocycles. The Hall–Kier alpha value is -2.37. The van der Waals surface area contributed by atoms with Gasteiger partial charge in [0.2, 0.25) is 0 Å². The third-order valence-electron chi connectivity index (χ3n) is 7.89. The van der Waals surface area contributed by atoms with Gasteiger partial charge in [-0.3, -0.25) is 0 Å². The Labute approximate surface area is 263 Å². The van der Waals surface area contributed by atoms with Gasteiger partial charge < -0.3 is 14.2 Å². The van der Waals surface area contributed by atoms with E-state index in [1.165, 1.54) is 102 Å². The van der Waals surface area contributed by atoms with Crippen LogP contribution in [0, 0.1) is 0 Å². The molecule has 0 aromatic heterocycles. The first-order chi connectivity index (χ1) is 21.0. The van der Waals surface area contributed by atoms with Crippen molar-refractivity contribution in [1.82, 2.24) is 0 Å². The standard InChI is InChI=1S/C37H62O6/c1-4-7-10-13-16-18-21-24-29-42-36(39)33-27-26-32(35(38)41-28-23-20-15-12-9-6-3)31-34(33)37(40)43-30-25-22-19-17-14-11-8-5-2/h26-27,31H,4-25,28-30H2,1-3H3. The van der Waals surface area contributed by atoms with Crippen LogP contribution in [0.4, 0.5) is 0 Å². The van der Waals surface area contributed by atoms with Crippen LogP contribution in [0.3, 0.4) is 0 Å². The predicted octanol–water partition coefficient (Wildman–Crippen LogP) is 10.8. The van der Waals surface area contributed by atoms with Crippen LogP contribution in [0.25, 0.3) is 0 Å². The topological polar surface area (TPSA) is 78.9 Å². The maximum absolute atomic E-state index is 13.1.